The highest BCUT2D eigenvalue weighted by Gasteiger charge is 2.17. The molecule has 0 heterocycles. The largest absolute Gasteiger partial charge is 0.351 e. The number of carbonyl (C=O) groups excluding carboxylic acids is 2. The van der Waals surface area contributed by atoms with Crippen molar-refractivity contribution in [1.29, 1.82) is 0 Å². The van der Waals surface area contributed by atoms with Crippen LogP contribution in [0.15, 0.2) is 28.7 Å². The van der Waals surface area contributed by atoms with Gasteiger partial charge in [0.25, 0.3) is 0 Å². The van der Waals surface area contributed by atoms with Crippen LogP contribution < -0.4 is 10.2 Å². The molecule has 2 amide bonds. The van der Waals surface area contributed by atoms with E-state index in [9.17, 15) is 9.59 Å². The summed E-state index contributed by atoms with van der Waals surface area (Å²) in [5.41, 5.74) is 0.541. The van der Waals surface area contributed by atoms with Gasteiger partial charge < -0.3 is 10.2 Å². The Morgan fingerprint density at radius 1 is 1.20 bits per heavy atom. The van der Waals surface area contributed by atoms with E-state index < -0.39 is 0 Å². The highest BCUT2D eigenvalue weighted by atomic mass is 79.9. The molecule has 0 aliphatic carbocycles. The second kappa shape index (κ2) is 6.88. The summed E-state index contributed by atoms with van der Waals surface area (Å²) >= 11 is 3.36. The first-order chi connectivity index (χ1) is 9.19. The molecular weight excluding hydrogens is 320 g/mol. The molecule has 1 N–H and O–H groups in total. The molecule has 0 saturated heterocycles. The Hall–Kier alpha value is -1.36. The van der Waals surface area contributed by atoms with Gasteiger partial charge in [0.15, 0.2) is 0 Å². The molecule has 5 heteroatoms. The van der Waals surface area contributed by atoms with Gasteiger partial charge in [0.2, 0.25) is 11.8 Å². The van der Waals surface area contributed by atoms with Gasteiger partial charge in [-0.2, -0.15) is 0 Å². The van der Waals surface area contributed by atoms with Gasteiger partial charge in [0, 0.05) is 35.6 Å². The highest BCUT2D eigenvalue weighted by molar-refractivity contribution is 9.10. The second-order valence-electron chi connectivity index (χ2n) is 5.70. The van der Waals surface area contributed by atoms with E-state index in [0.717, 1.165) is 10.2 Å². The third-order valence-electron chi connectivity index (χ3n) is 2.60. The fraction of sp³-hybridized carbons (Fsp3) is 0.467. The molecule has 4 nitrogen and oxygen atoms in total. The first-order valence-electron chi connectivity index (χ1n) is 6.54. The molecule has 0 atom stereocenters. The van der Waals surface area contributed by atoms with Crippen LogP contribution in [0.3, 0.4) is 0 Å². The minimum absolute atomic E-state index is 0.0548. The maximum atomic E-state index is 11.8. The Morgan fingerprint density at radius 3 is 2.20 bits per heavy atom. The van der Waals surface area contributed by atoms with E-state index in [1.165, 1.54) is 6.92 Å². The van der Waals surface area contributed by atoms with Gasteiger partial charge in [-0.15, -0.1) is 0 Å². The Kier molecular flexibility index (Phi) is 5.74. The van der Waals surface area contributed by atoms with Crippen LogP contribution in [0.25, 0.3) is 0 Å². The number of anilines is 1. The molecule has 0 aromatic heterocycles. The van der Waals surface area contributed by atoms with Crippen molar-refractivity contribution >= 4 is 33.4 Å². The van der Waals surface area contributed by atoms with E-state index in [1.807, 2.05) is 45.0 Å². The van der Waals surface area contributed by atoms with Crippen molar-refractivity contribution in [3.05, 3.63) is 28.7 Å². The number of hydrogen-bond acceptors (Lipinski definition) is 2. The normalized spacial score (nSPS) is 11.1. The number of rotatable bonds is 4. The van der Waals surface area contributed by atoms with Gasteiger partial charge in [-0.1, -0.05) is 15.9 Å². The Balaban J connectivity index is 2.67. The lowest BCUT2D eigenvalue weighted by Gasteiger charge is -2.24. The number of carbonyl (C=O) groups is 2. The standard InChI is InChI=1S/C15H21BrN2O2/c1-11(19)18(13-7-5-12(16)6-8-13)10-9-14(20)17-15(2,3)4/h5-8H,9-10H2,1-4H3,(H,17,20). The highest BCUT2D eigenvalue weighted by Crippen LogP contribution is 2.19. The molecule has 0 bridgehead atoms. The van der Waals surface area contributed by atoms with Gasteiger partial charge in [-0.3, -0.25) is 9.59 Å². The van der Waals surface area contributed by atoms with Gasteiger partial charge in [-0.25, -0.2) is 0 Å². The monoisotopic (exact) mass is 340 g/mol. The van der Waals surface area contributed by atoms with Crippen molar-refractivity contribution in [1.82, 2.24) is 5.32 Å². The minimum atomic E-state index is -0.254. The smallest absolute Gasteiger partial charge is 0.223 e. The molecule has 110 valence electrons. The van der Waals surface area contributed by atoms with E-state index in [2.05, 4.69) is 21.2 Å². The summed E-state index contributed by atoms with van der Waals surface area (Å²) < 4.78 is 0.954. The van der Waals surface area contributed by atoms with E-state index in [4.69, 9.17) is 0 Å². The molecule has 0 fully saturated rings. The lowest BCUT2D eigenvalue weighted by Crippen LogP contribution is -2.42. The quantitative estimate of drug-likeness (QED) is 0.915. The molecule has 0 aliphatic rings. The summed E-state index contributed by atoms with van der Waals surface area (Å²) in [7, 11) is 0. The van der Waals surface area contributed by atoms with Crippen LogP contribution in [0.2, 0.25) is 0 Å². The maximum absolute atomic E-state index is 11.8. The molecule has 0 unspecified atom stereocenters. The molecule has 1 aromatic carbocycles. The van der Waals surface area contributed by atoms with Crippen molar-refractivity contribution in [2.24, 2.45) is 0 Å². The molecular formula is C15H21BrN2O2. The first-order valence-corrected chi connectivity index (χ1v) is 7.33. The molecule has 0 spiro atoms. The Bertz CT molecular complexity index is 478. The van der Waals surface area contributed by atoms with Crippen LogP contribution in [0.5, 0.6) is 0 Å². The zero-order valence-electron chi connectivity index (χ0n) is 12.4. The Labute approximate surface area is 128 Å². The number of benzene rings is 1. The zero-order chi connectivity index (χ0) is 15.3. The number of amides is 2. The zero-order valence-corrected chi connectivity index (χ0v) is 14.0. The summed E-state index contributed by atoms with van der Waals surface area (Å²) in [6.07, 6.45) is 0.285. The van der Waals surface area contributed by atoms with Gasteiger partial charge >= 0.3 is 0 Å². The summed E-state index contributed by atoms with van der Waals surface area (Å²) in [6.45, 7) is 7.68. The van der Waals surface area contributed by atoms with E-state index in [0.29, 0.717) is 6.54 Å². The van der Waals surface area contributed by atoms with Crippen molar-refractivity contribution in [2.75, 3.05) is 11.4 Å². The summed E-state index contributed by atoms with van der Waals surface area (Å²) in [5, 5.41) is 2.89. The summed E-state index contributed by atoms with van der Waals surface area (Å²) in [4.78, 5) is 25.1. The van der Waals surface area contributed by atoms with Crippen LogP contribution in [0.1, 0.15) is 34.1 Å². The average molecular weight is 341 g/mol. The minimum Gasteiger partial charge on any atom is -0.351 e. The Morgan fingerprint density at radius 2 is 1.75 bits per heavy atom. The number of halogens is 1. The number of nitrogens with one attached hydrogen (secondary N) is 1. The lowest BCUT2D eigenvalue weighted by atomic mass is 10.1. The van der Waals surface area contributed by atoms with Crippen LogP contribution in [-0.2, 0) is 9.59 Å². The van der Waals surface area contributed by atoms with Gasteiger partial charge in [0.1, 0.15) is 0 Å². The number of hydrogen-bond donors (Lipinski definition) is 1. The van der Waals surface area contributed by atoms with E-state index >= 15 is 0 Å². The van der Waals surface area contributed by atoms with Crippen molar-refractivity contribution < 1.29 is 9.59 Å². The first kappa shape index (κ1) is 16.7. The maximum Gasteiger partial charge on any atom is 0.223 e. The van der Waals surface area contributed by atoms with Crippen molar-refractivity contribution in [3.63, 3.8) is 0 Å². The van der Waals surface area contributed by atoms with E-state index in [1.54, 1.807) is 4.90 Å². The summed E-state index contributed by atoms with van der Waals surface area (Å²) in [6, 6.07) is 7.46. The average Bonchev–Trinajstić information content (AvgIpc) is 2.29. The van der Waals surface area contributed by atoms with Crippen molar-refractivity contribution in [3.8, 4) is 0 Å². The molecule has 0 saturated carbocycles. The molecule has 0 radical (unpaired) electrons. The third kappa shape index (κ3) is 5.74. The molecule has 1 aromatic rings. The van der Waals surface area contributed by atoms with Crippen LogP contribution in [0, 0.1) is 0 Å². The van der Waals surface area contributed by atoms with Gasteiger partial charge in [-0.05, 0) is 45.0 Å². The second-order valence-corrected chi connectivity index (χ2v) is 6.61. The predicted octanol–water partition coefficient (Wildman–Crippen LogP) is 3.11. The van der Waals surface area contributed by atoms with Crippen LogP contribution >= 0.6 is 15.9 Å². The fourth-order valence-electron chi connectivity index (χ4n) is 1.78. The van der Waals surface area contributed by atoms with Crippen LogP contribution in [-0.4, -0.2) is 23.9 Å². The third-order valence-corrected chi connectivity index (χ3v) is 3.12. The van der Waals surface area contributed by atoms with Crippen molar-refractivity contribution in [2.45, 2.75) is 39.7 Å². The predicted molar refractivity (Wildman–Crippen MR) is 84.7 cm³/mol. The van der Waals surface area contributed by atoms with E-state index in [-0.39, 0.29) is 23.8 Å². The fourth-order valence-corrected chi connectivity index (χ4v) is 2.05. The topological polar surface area (TPSA) is 49.4 Å². The molecule has 20 heavy (non-hydrogen) atoms. The van der Waals surface area contributed by atoms with Crippen LogP contribution in [0.4, 0.5) is 5.69 Å². The molecule has 1 rings (SSSR count). The molecule has 0 aliphatic heterocycles. The number of nitrogens with zero attached hydrogens (tertiary/aromatic N) is 1. The van der Waals surface area contributed by atoms with Gasteiger partial charge in [0.05, 0.1) is 0 Å². The lowest BCUT2D eigenvalue weighted by molar-refractivity contribution is -0.122. The SMILES string of the molecule is CC(=O)N(CCC(=O)NC(C)(C)C)c1ccc(Br)cc1. The summed E-state index contributed by atoms with van der Waals surface area (Å²) in [5.74, 6) is -0.128.